The Labute approximate surface area is 92.0 Å². The van der Waals surface area contributed by atoms with Crippen LogP contribution in [0.2, 0.25) is 0 Å². The monoisotopic (exact) mass is 207 g/mol. The van der Waals surface area contributed by atoms with Crippen LogP contribution in [0.5, 0.6) is 0 Å². The lowest BCUT2D eigenvalue weighted by atomic mass is 10.0. The lowest BCUT2D eigenvalue weighted by Gasteiger charge is -2.31. The number of nitrogens with two attached hydrogens (primary N) is 1. The maximum Gasteiger partial charge on any atom is 0.0532 e. The molecule has 0 aromatic heterocycles. The van der Waals surface area contributed by atoms with Gasteiger partial charge in [0.1, 0.15) is 0 Å². The third-order valence-corrected chi connectivity index (χ3v) is 3.27. The van der Waals surface area contributed by atoms with Crippen molar-refractivity contribution in [2.45, 2.75) is 31.7 Å². The molecule has 0 unspecified atom stereocenters. The average molecular weight is 207 g/mol. The van der Waals surface area contributed by atoms with E-state index < -0.39 is 0 Å². The van der Waals surface area contributed by atoms with Gasteiger partial charge in [0, 0.05) is 6.04 Å². The molecular weight excluding hydrogens is 186 g/mol. The highest BCUT2D eigenvalue weighted by Gasteiger charge is 2.17. The Hall–Kier alpha value is -0.960. The zero-order valence-electron chi connectivity index (χ0n) is 9.50. The summed E-state index contributed by atoms with van der Waals surface area (Å²) in [6, 6.07) is 0.609. The van der Waals surface area contributed by atoms with Gasteiger partial charge in [-0.05, 0) is 45.8 Å². The van der Waals surface area contributed by atoms with Crippen LogP contribution in [0.4, 0.5) is 0 Å². The molecule has 84 valence electrons. The van der Waals surface area contributed by atoms with E-state index in [1.807, 2.05) is 0 Å². The fraction of sp³-hybridized carbons (Fsp3) is 0.667. The topological polar surface area (TPSA) is 41.3 Å². The number of hydrogen-bond donors (Lipinski definition) is 2. The van der Waals surface area contributed by atoms with Crippen LogP contribution in [0.25, 0.3) is 0 Å². The second-order valence-corrected chi connectivity index (χ2v) is 4.58. The maximum absolute atomic E-state index is 5.94. The number of allylic oxidation sites excluding steroid dienone is 2. The minimum absolute atomic E-state index is 0.609. The summed E-state index contributed by atoms with van der Waals surface area (Å²) in [5.41, 5.74) is 8.04. The van der Waals surface area contributed by atoms with E-state index in [9.17, 15) is 0 Å². The van der Waals surface area contributed by atoms with E-state index in [2.05, 4.69) is 29.4 Å². The van der Waals surface area contributed by atoms with Crippen LogP contribution in [0, 0.1) is 0 Å². The number of piperidine rings is 1. The summed E-state index contributed by atoms with van der Waals surface area (Å²) >= 11 is 0. The molecular formula is C12H21N3. The lowest BCUT2D eigenvalue weighted by Crippen LogP contribution is -2.41. The molecule has 2 rings (SSSR count). The first-order valence-electron chi connectivity index (χ1n) is 5.87. The predicted octanol–water partition coefficient (Wildman–Crippen LogP) is 1.19. The van der Waals surface area contributed by atoms with Crippen LogP contribution in [-0.2, 0) is 0 Å². The molecule has 3 heteroatoms. The van der Waals surface area contributed by atoms with Crippen LogP contribution < -0.4 is 11.1 Å². The zero-order valence-corrected chi connectivity index (χ0v) is 9.50. The average Bonchev–Trinajstić information content (AvgIpc) is 2.25. The van der Waals surface area contributed by atoms with Crippen molar-refractivity contribution >= 4 is 0 Å². The van der Waals surface area contributed by atoms with Crippen molar-refractivity contribution in [1.82, 2.24) is 10.2 Å². The maximum atomic E-state index is 5.94. The second-order valence-electron chi connectivity index (χ2n) is 4.58. The van der Waals surface area contributed by atoms with Crippen LogP contribution >= 0.6 is 0 Å². The molecule has 0 aromatic carbocycles. The van der Waals surface area contributed by atoms with Crippen LogP contribution in [0.15, 0.2) is 23.5 Å². The summed E-state index contributed by atoms with van der Waals surface area (Å²) in [5.74, 6) is 0. The molecule has 1 saturated heterocycles. The number of nitrogens with one attached hydrogen (secondary N) is 1. The fourth-order valence-corrected chi connectivity index (χ4v) is 2.21. The quantitative estimate of drug-likeness (QED) is 0.714. The van der Waals surface area contributed by atoms with Gasteiger partial charge >= 0.3 is 0 Å². The highest BCUT2D eigenvalue weighted by atomic mass is 15.1. The van der Waals surface area contributed by atoms with Gasteiger partial charge in [-0.25, -0.2) is 0 Å². The molecule has 0 atom stereocenters. The zero-order chi connectivity index (χ0) is 10.7. The lowest BCUT2D eigenvalue weighted by molar-refractivity contribution is 0.242. The summed E-state index contributed by atoms with van der Waals surface area (Å²) < 4.78 is 0. The Bertz CT molecular complexity index is 273. The first-order chi connectivity index (χ1) is 7.25. The molecule has 3 N–H and O–H groups in total. The van der Waals surface area contributed by atoms with E-state index in [1.54, 1.807) is 0 Å². The highest BCUT2D eigenvalue weighted by Crippen LogP contribution is 2.16. The van der Waals surface area contributed by atoms with Crippen molar-refractivity contribution in [1.29, 1.82) is 0 Å². The number of likely N-dealkylation sites (tertiary alicyclic amines) is 1. The third-order valence-electron chi connectivity index (χ3n) is 3.27. The van der Waals surface area contributed by atoms with E-state index in [0.717, 1.165) is 24.2 Å². The Morgan fingerprint density at radius 1 is 1.27 bits per heavy atom. The minimum atomic E-state index is 0.609. The van der Waals surface area contributed by atoms with E-state index in [1.165, 1.54) is 25.9 Å². The molecule has 1 aliphatic carbocycles. The Kier molecular flexibility index (Phi) is 3.31. The smallest absolute Gasteiger partial charge is 0.0532 e. The summed E-state index contributed by atoms with van der Waals surface area (Å²) in [5, 5.41) is 3.57. The van der Waals surface area contributed by atoms with Gasteiger partial charge in [0.2, 0.25) is 0 Å². The molecule has 3 nitrogen and oxygen atoms in total. The van der Waals surface area contributed by atoms with Gasteiger partial charge in [0.25, 0.3) is 0 Å². The van der Waals surface area contributed by atoms with Crippen molar-refractivity contribution in [2.75, 3.05) is 20.1 Å². The van der Waals surface area contributed by atoms with Crippen LogP contribution in [0.3, 0.4) is 0 Å². The number of hydrogen-bond acceptors (Lipinski definition) is 3. The molecule has 0 radical (unpaired) electrons. The highest BCUT2D eigenvalue weighted by molar-refractivity contribution is 5.29. The first kappa shape index (κ1) is 10.6. The molecule has 0 aromatic rings. The van der Waals surface area contributed by atoms with Crippen molar-refractivity contribution in [3.8, 4) is 0 Å². The third kappa shape index (κ3) is 2.75. The van der Waals surface area contributed by atoms with Gasteiger partial charge in [0.15, 0.2) is 0 Å². The Morgan fingerprint density at radius 2 is 1.93 bits per heavy atom. The van der Waals surface area contributed by atoms with Gasteiger partial charge in [-0.15, -0.1) is 0 Å². The largest absolute Gasteiger partial charge is 0.397 e. The molecule has 15 heavy (non-hydrogen) atoms. The van der Waals surface area contributed by atoms with E-state index >= 15 is 0 Å². The Morgan fingerprint density at radius 3 is 2.60 bits per heavy atom. The molecule has 0 saturated carbocycles. The molecule has 1 fully saturated rings. The predicted molar refractivity (Wildman–Crippen MR) is 63.2 cm³/mol. The first-order valence-corrected chi connectivity index (χ1v) is 5.87. The molecule has 2 aliphatic rings. The molecule has 1 heterocycles. The van der Waals surface area contributed by atoms with Crippen molar-refractivity contribution in [2.24, 2.45) is 5.73 Å². The molecule has 1 aliphatic heterocycles. The van der Waals surface area contributed by atoms with Gasteiger partial charge in [0.05, 0.1) is 11.4 Å². The Balaban J connectivity index is 1.86. The molecule has 0 bridgehead atoms. The van der Waals surface area contributed by atoms with Crippen molar-refractivity contribution in [3.63, 3.8) is 0 Å². The van der Waals surface area contributed by atoms with Gasteiger partial charge in [-0.1, -0.05) is 12.2 Å². The van der Waals surface area contributed by atoms with Crippen molar-refractivity contribution in [3.05, 3.63) is 23.5 Å². The molecule has 0 amide bonds. The van der Waals surface area contributed by atoms with Gasteiger partial charge in [-0.3, -0.25) is 0 Å². The normalized spacial score (nSPS) is 24.6. The molecule has 0 spiro atoms. The summed E-state index contributed by atoms with van der Waals surface area (Å²) in [4.78, 5) is 2.38. The van der Waals surface area contributed by atoms with Crippen LogP contribution in [0.1, 0.15) is 25.7 Å². The van der Waals surface area contributed by atoms with E-state index in [0.29, 0.717) is 6.04 Å². The standard InChI is InChI=1S/C12H21N3/c1-15-8-6-10(7-9-15)14-12-5-3-2-4-11(12)13/h4-5,10,14H,2-3,6-9,13H2,1H3. The fourth-order valence-electron chi connectivity index (χ4n) is 2.21. The minimum Gasteiger partial charge on any atom is -0.397 e. The summed E-state index contributed by atoms with van der Waals surface area (Å²) in [6.07, 6.45) is 9.01. The summed E-state index contributed by atoms with van der Waals surface area (Å²) in [7, 11) is 2.18. The summed E-state index contributed by atoms with van der Waals surface area (Å²) in [6.45, 7) is 2.38. The SMILES string of the molecule is CN1CCC(NC2=CCCC=C2N)CC1. The van der Waals surface area contributed by atoms with Gasteiger partial charge < -0.3 is 16.0 Å². The van der Waals surface area contributed by atoms with E-state index in [4.69, 9.17) is 5.73 Å². The van der Waals surface area contributed by atoms with Gasteiger partial charge in [-0.2, -0.15) is 0 Å². The number of rotatable bonds is 2. The van der Waals surface area contributed by atoms with E-state index in [-0.39, 0.29) is 0 Å². The number of nitrogens with zero attached hydrogens (tertiary/aromatic N) is 1. The van der Waals surface area contributed by atoms with Crippen LogP contribution in [-0.4, -0.2) is 31.1 Å². The van der Waals surface area contributed by atoms with Crippen molar-refractivity contribution < 1.29 is 0 Å². The second kappa shape index (κ2) is 4.71.